The SMILES string of the molecule is CC(C)c1ccccc1NC(=O)COc1ccc(/C=C2/SC(=O)N(CC(=O)Nc3ccc(Br)cc3)C2=O)cc1. The normalized spacial score (nSPS) is 14.2. The summed E-state index contributed by atoms with van der Waals surface area (Å²) in [6, 6.07) is 21.4. The summed E-state index contributed by atoms with van der Waals surface area (Å²) >= 11 is 4.10. The summed E-state index contributed by atoms with van der Waals surface area (Å²) in [6.07, 6.45) is 1.58. The summed E-state index contributed by atoms with van der Waals surface area (Å²) in [4.78, 5) is 51.1. The van der Waals surface area contributed by atoms with E-state index in [1.165, 1.54) is 0 Å². The van der Waals surface area contributed by atoms with Gasteiger partial charge >= 0.3 is 0 Å². The summed E-state index contributed by atoms with van der Waals surface area (Å²) < 4.78 is 6.47. The van der Waals surface area contributed by atoms with Crippen LogP contribution >= 0.6 is 27.7 Å². The molecular formula is C29H26BrN3O5S. The van der Waals surface area contributed by atoms with Gasteiger partial charge in [0.25, 0.3) is 17.1 Å². The molecule has 4 amide bonds. The lowest BCUT2D eigenvalue weighted by Crippen LogP contribution is -2.36. The molecule has 1 aliphatic rings. The number of para-hydroxylation sites is 1. The van der Waals surface area contributed by atoms with E-state index in [2.05, 4.69) is 40.4 Å². The van der Waals surface area contributed by atoms with Gasteiger partial charge in [-0.2, -0.15) is 0 Å². The smallest absolute Gasteiger partial charge is 0.294 e. The van der Waals surface area contributed by atoms with Gasteiger partial charge in [-0.1, -0.05) is 60.1 Å². The molecule has 0 atom stereocenters. The minimum absolute atomic E-state index is 0.160. The van der Waals surface area contributed by atoms with E-state index >= 15 is 0 Å². The number of hydrogen-bond acceptors (Lipinski definition) is 6. The van der Waals surface area contributed by atoms with Gasteiger partial charge in [-0.25, -0.2) is 0 Å². The Hall–Kier alpha value is -3.89. The molecule has 2 N–H and O–H groups in total. The number of carbonyl (C=O) groups is 4. The third-order valence-electron chi connectivity index (χ3n) is 5.71. The molecule has 0 spiro atoms. The first-order chi connectivity index (χ1) is 18.7. The third-order valence-corrected chi connectivity index (χ3v) is 7.14. The number of benzene rings is 3. The summed E-state index contributed by atoms with van der Waals surface area (Å²) in [5.41, 5.74) is 3.04. The number of thioether (sulfide) groups is 1. The molecule has 0 aliphatic carbocycles. The van der Waals surface area contributed by atoms with Crippen LogP contribution in [-0.2, 0) is 14.4 Å². The van der Waals surface area contributed by atoms with E-state index in [9.17, 15) is 19.2 Å². The molecule has 200 valence electrons. The molecule has 4 rings (SSSR count). The molecule has 1 fully saturated rings. The Labute approximate surface area is 238 Å². The molecule has 0 radical (unpaired) electrons. The van der Waals surface area contributed by atoms with Crippen molar-refractivity contribution in [3.63, 3.8) is 0 Å². The largest absolute Gasteiger partial charge is 0.484 e. The van der Waals surface area contributed by atoms with Crippen LogP contribution in [0.3, 0.4) is 0 Å². The predicted molar refractivity (Wildman–Crippen MR) is 157 cm³/mol. The lowest BCUT2D eigenvalue weighted by molar-refractivity contribution is -0.127. The Kier molecular flexibility index (Phi) is 9.21. The number of rotatable bonds is 9. The van der Waals surface area contributed by atoms with Gasteiger partial charge < -0.3 is 15.4 Å². The van der Waals surface area contributed by atoms with Crippen molar-refractivity contribution >= 4 is 68.1 Å². The Balaban J connectivity index is 1.31. The van der Waals surface area contributed by atoms with Gasteiger partial charge in [0.15, 0.2) is 6.61 Å². The highest BCUT2D eigenvalue weighted by molar-refractivity contribution is 9.10. The van der Waals surface area contributed by atoms with Crippen LogP contribution in [0.15, 0.2) is 82.2 Å². The predicted octanol–water partition coefficient (Wildman–Crippen LogP) is 6.27. The average Bonchev–Trinajstić information content (AvgIpc) is 3.17. The van der Waals surface area contributed by atoms with E-state index in [1.807, 2.05) is 24.3 Å². The highest BCUT2D eigenvalue weighted by Crippen LogP contribution is 2.32. The third kappa shape index (κ3) is 7.58. The lowest BCUT2D eigenvalue weighted by Gasteiger charge is -2.14. The number of imide groups is 1. The number of ether oxygens (including phenoxy) is 1. The molecule has 0 unspecified atom stereocenters. The number of halogens is 1. The second kappa shape index (κ2) is 12.8. The van der Waals surface area contributed by atoms with E-state index < -0.39 is 17.1 Å². The van der Waals surface area contributed by atoms with E-state index in [4.69, 9.17) is 4.74 Å². The maximum Gasteiger partial charge on any atom is 0.294 e. The first kappa shape index (κ1) is 28.1. The summed E-state index contributed by atoms with van der Waals surface area (Å²) in [5, 5.41) is 5.04. The second-order valence-electron chi connectivity index (χ2n) is 8.97. The minimum atomic E-state index is -0.533. The van der Waals surface area contributed by atoms with Gasteiger partial charge in [0.2, 0.25) is 5.91 Å². The van der Waals surface area contributed by atoms with Crippen molar-refractivity contribution in [3.05, 3.63) is 93.3 Å². The Morgan fingerprint density at radius 3 is 2.33 bits per heavy atom. The maximum atomic E-state index is 12.8. The molecule has 0 saturated carbocycles. The van der Waals surface area contributed by atoms with Gasteiger partial charge in [-0.3, -0.25) is 24.1 Å². The van der Waals surface area contributed by atoms with Crippen LogP contribution in [0.25, 0.3) is 6.08 Å². The zero-order chi connectivity index (χ0) is 27.9. The van der Waals surface area contributed by atoms with Crippen molar-refractivity contribution in [1.29, 1.82) is 0 Å². The van der Waals surface area contributed by atoms with Crippen molar-refractivity contribution in [3.8, 4) is 5.75 Å². The monoisotopic (exact) mass is 607 g/mol. The first-order valence-electron chi connectivity index (χ1n) is 12.1. The van der Waals surface area contributed by atoms with Crippen molar-refractivity contribution < 1.29 is 23.9 Å². The highest BCUT2D eigenvalue weighted by atomic mass is 79.9. The van der Waals surface area contributed by atoms with Crippen molar-refractivity contribution in [2.75, 3.05) is 23.8 Å². The van der Waals surface area contributed by atoms with Crippen LogP contribution in [0.1, 0.15) is 30.9 Å². The second-order valence-corrected chi connectivity index (χ2v) is 10.9. The van der Waals surface area contributed by atoms with Crippen LogP contribution in [0, 0.1) is 0 Å². The number of amides is 4. The van der Waals surface area contributed by atoms with Gasteiger partial charge in [-0.05, 0) is 77.3 Å². The molecule has 1 saturated heterocycles. The maximum absolute atomic E-state index is 12.8. The molecule has 3 aromatic rings. The first-order valence-corrected chi connectivity index (χ1v) is 13.7. The number of nitrogens with one attached hydrogen (secondary N) is 2. The molecule has 0 aromatic heterocycles. The summed E-state index contributed by atoms with van der Waals surface area (Å²) in [5.74, 6) is -0.526. The molecule has 1 heterocycles. The minimum Gasteiger partial charge on any atom is -0.484 e. The van der Waals surface area contributed by atoms with Gasteiger partial charge in [0, 0.05) is 15.8 Å². The summed E-state index contributed by atoms with van der Waals surface area (Å²) in [6.45, 7) is 3.58. The summed E-state index contributed by atoms with van der Waals surface area (Å²) in [7, 11) is 0. The van der Waals surface area contributed by atoms with Crippen LogP contribution in [0.4, 0.5) is 16.2 Å². The standard InChI is InChI=1S/C29H26BrN3O5S/c1-18(2)23-5-3-4-6-24(23)32-27(35)17-38-22-13-7-19(8-14-22)15-25-28(36)33(29(37)39-25)16-26(34)31-21-11-9-20(30)10-12-21/h3-15,18H,16-17H2,1-2H3,(H,31,34)(H,32,35)/b25-15+. The number of nitrogens with zero attached hydrogens (tertiary/aromatic N) is 1. The van der Waals surface area contributed by atoms with Gasteiger partial charge in [-0.15, -0.1) is 0 Å². The highest BCUT2D eigenvalue weighted by Gasteiger charge is 2.36. The molecule has 1 aliphatic heterocycles. The number of hydrogen-bond donors (Lipinski definition) is 2. The van der Waals surface area contributed by atoms with E-state index in [0.717, 1.165) is 32.4 Å². The van der Waals surface area contributed by atoms with E-state index in [-0.39, 0.29) is 29.9 Å². The van der Waals surface area contributed by atoms with Crippen LogP contribution in [0.5, 0.6) is 5.75 Å². The molecular weight excluding hydrogens is 582 g/mol. The topological polar surface area (TPSA) is 105 Å². The van der Waals surface area contributed by atoms with Crippen LogP contribution in [-0.4, -0.2) is 41.0 Å². The van der Waals surface area contributed by atoms with Crippen molar-refractivity contribution in [2.45, 2.75) is 19.8 Å². The van der Waals surface area contributed by atoms with E-state index in [0.29, 0.717) is 17.0 Å². The zero-order valence-corrected chi connectivity index (χ0v) is 23.7. The molecule has 3 aromatic carbocycles. The van der Waals surface area contributed by atoms with Crippen LogP contribution in [0.2, 0.25) is 0 Å². The Morgan fingerprint density at radius 2 is 1.64 bits per heavy atom. The Morgan fingerprint density at radius 1 is 0.949 bits per heavy atom. The molecule has 8 nitrogen and oxygen atoms in total. The lowest BCUT2D eigenvalue weighted by atomic mass is 10.0. The fourth-order valence-electron chi connectivity index (χ4n) is 3.77. The van der Waals surface area contributed by atoms with Crippen molar-refractivity contribution in [1.82, 2.24) is 4.90 Å². The molecule has 0 bridgehead atoms. The van der Waals surface area contributed by atoms with Gasteiger partial charge in [0.1, 0.15) is 12.3 Å². The van der Waals surface area contributed by atoms with Gasteiger partial charge in [0.05, 0.1) is 4.91 Å². The van der Waals surface area contributed by atoms with Crippen molar-refractivity contribution in [2.24, 2.45) is 0 Å². The number of carbonyl (C=O) groups excluding carboxylic acids is 4. The Bertz CT molecular complexity index is 1420. The zero-order valence-electron chi connectivity index (χ0n) is 21.3. The molecule has 10 heteroatoms. The fourth-order valence-corrected chi connectivity index (χ4v) is 4.88. The molecule has 39 heavy (non-hydrogen) atoms. The number of anilines is 2. The van der Waals surface area contributed by atoms with Crippen LogP contribution < -0.4 is 15.4 Å². The average molecular weight is 609 g/mol. The quantitative estimate of drug-likeness (QED) is 0.278. The fraction of sp³-hybridized carbons (Fsp3) is 0.172. The van der Waals surface area contributed by atoms with E-state index in [1.54, 1.807) is 54.6 Å².